The summed E-state index contributed by atoms with van der Waals surface area (Å²) in [6, 6.07) is 0. The molecule has 0 saturated heterocycles. The van der Waals surface area contributed by atoms with Crippen LogP contribution in [0.3, 0.4) is 0 Å². The second-order valence-corrected chi connectivity index (χ2v) is 22.3. The normalized spacial score (nSPS) is 13.3. The Morgan fingerprint density at radius 1 is 0.403 bits per heavy atom. The molecule has 444 valence electrons. The van der Waals surface area contributed by atoms with Crippen LogP contribution in [0.15, 0.2) is 85.1 Å². The summed E-state index contributed by atoms with van der Waals surface area (Å²) >= 11 is 0. The molecule has 0 aliphatic rings. The number of esters is 2. The average Bonchev–Trinajstić information content (AvgIpc) is 3.40. The van der Waals surface area contributed by atoms with Crippen LogP contribution in [0, 0.1) is 0 Å². The number of carboxylic acid groups (broad SMARTS) is 1. The van der Waals surface area contributed by atoms with Gasteiger partial charge < -0.3 is 33.3 Å². The third-order valence-electron chi connectivity index (χ3n) is 13.6. The van der Waals surface area contributed by atoms with E-state index in [2.05, 4.69) is 98.9 Å². The monoisotopic (exact) mass is 1080 g/mol. The minimum Gasteiger partial charge on any atom is -0.545 e. The highest BCUT2D eigenvalue weighted by Crippen LogP contribution is 2.16. The largest absolute Gasteiger partial charge is 0.545 e. The number of ether oxygens (including phenoxy) is 4. The SMILES string of the molecule is CC/C=C\C/C=C\C/C=C\C/C=C\CCCCCCCCCCC(=O)OC(COC(=O)CCCCCCCCCCCCCCCCCC/C=C\C/C=C\C/C=C\CCCCCCC)COC(OCC[N+](C)(C)C)C(=O)[O-]. The molecule has 77 heavy (non-hydrogen) atoms. The minimum atomic E-state index is -1.63. The van der Waals surface area contributed by atoms with Crippen LogP contribution in [-0.4, -0.2) is 82.3 Å². The van der Waals surface area contributed by atoms with Gasteiger partial charge in [0.05, 0.1) is 40.3 Å². The lowest BCUT2D eigenvalue weighted by molar-refractivity contribution is -0.870. The Morgan fingerprint density at radius 3 is 1.10 bits per heavy atom. The third-order valence-corrected chi connectivity index (χ3v) is 13.6. The quantitative estimate of drug-likeness (QED) is 0.0195. The van der Waals surface area contributed by atoms with E-state index in [1.807, 2.05) is 21.1 Å². The predicted octanol–water partition coefficient (Wildman–Crippen LogP) is 17.8. The van der Waals surface area contributed by atoms with Crippen molar-refractivity contribution in [3.05, 3.63) is 85.1 Å². The van der Waals surface area contributed by atoms with Gasteiger partial charge in [0, 0.05) is 12.8 Å². The van der Waals surface area contributed by atoms with Crippen LogP contribution in [0.4, 0.5) is 0 Å². The van der Waals surface area contributed by atoms with E-state index >= 15 is 0 Å². The molecule has 0 bridgehead atoms. The molecule has 0 saturated carbocycles. The van der Waals surface area contributed by atoms with Crippen LogP contribution in [-0.2, 0) is 33.3 Å². The van der Waals surface area contributed by atoms with Crippen molar-refractivity contribution in [2.75, 3.05) is 47.5 Å². The number of carbonyl (C=O) groups excluding carboxylic acids is 3. The van der Waals surface area contributed by atoms with Crippen molar-refractivity contribution >= 4 is 17.9 Å². The highest BCUT2D eigenvalue weighted by Gasteiger charge is 2.22. The van der Waals surface area contributed by atoms with Crippen LogP contribution < -0.4 is 5.11 Å². The fraction of sp³-hybridized carbons (Fsp3) is 0.750. The minimum absolute atomic E-state index is 0.143. The molecule has 0 aliphatic heterocycles. The van der Waals surface area contributed by atoms with Gasteiger partial charge in [-0.2, -0.15) is 0 Å². The van der Waals surface area contributed by atoms with Crippen LogP contribution in [0.5, 0.6) is 0 Å². The van der Waals surface area contributed by atoms with Gasteiger partial charge in [-0.1, -0.05) is 253 Å². The van der Waals surface area contributed by atoms with Gasteiger partial charge in [-0.25, -0.2) is 0 Å². The number of carbonyl (C=O) groups is 3. The van der Waals surface area contributed by atoms with Crippen molar-refractivity contribution < 1.29 is 42.9 Å². The number of likely N-dealkylation sites (N-methyl/N-ethyl adjacent to an activating group) is 1. The van der Waals surface area contributed by atoms with Gasteiger partial charge >= 0.3 is 11.9 Å². The second kappa shape index (κ2) is 58.6. The molecule has 0 heterocycles. The van der Waals surface area contributed by atoms with Gasteiger partial charge in [-0.15, -0.1) is 0 Å². The summed E-state index contributed by atoms with van der Waals surface area (Å²) in [4.78, 5) is 37.4. The van der Waals surface area contributed by atoms with Crippen LogP contribution in [0.1, 0.15) is 271 Å². The standard InChI is InChI=1S/C68H119NO8/c1-6-8-10-12-14-16-18-20-22-24-26-28-29-30-31-32-33-34-35-36-37-39-40-42-44-46-48-50-52-54-56-58-65(70)75-62-64(63-76-68(67(72)73)74-61-60-69(3,4)5)77-66(71)59-57-55-53-51-49-47-45-43-41-38-27-25-23-21-19-17-15-13-11-9-7-2/h9,11,15,17-18,20-21,23-24,26-27,29-30,38,64,68H,6-8,10,12-14,16,19,22,25,28,31-37,39-63H2,1-5H3/b11-9-,17-15-,20-18-,23-21-,26-24-,30-29-,38-27-. The van der Waals surface area contributed by atoms with Gasteiger partial charge in [0.15, 0.2) is 12.4 Å². The van der Waals surface area contributed by atoms with Gasteiger partial charge in [0.25, 0.3) is 0 Å². The molecule has 0 radical (unpaired) electrons. The zero-order chi connectivity index (χ0) is 56.2. The average molecular weight is 1080 g/mol. The van der Waals surface area contributed by atoms with E-state index in [-0.39, 0.29) is 38.6 Å². The Labute approximate surface area is 474 Å². The Kier molecular flexibility index (Phi) is 55.9. The number of quaternary nitrogens is 1. The van der Waals surface area contributed by atoms with Gasteiger partial charge in [-0.3, -0.25) is 9.59 Å². The number of carboxylic acids is 1. The first-order valence-corrected chi connectivity index (χ1v) is 31.7. The molecule has 0 aromatic carbocycles. The van der Waals surface area contributed by atoms with Crippen LogP contribution >= 0.6 is 0 Å². The summed E-state index contributed by atoms with van der Waals surface area (Å²) < 4.78 is 22.7. The number of allylic oxidation sites excluding steroid dienone is 14. The maximum atomic E-state index is 12.9. The number of unbranched alkanes of at least 4 members (excludes halogenated alkanes) is 29. The van der Waals surface area contributed by atoms with E-state index in [4.69, 9.17) is 18.9 Å². The van der Waals surface area contributed by atoms with Crippen LogP contribution in [0.2, 0.25) is 0 Å². The lowest BCUT2D eigenvalue weighted by Crippen LogP contribution is -2.44. The number of rotatable bonds is 58. The summed E-state index contributed by atoms with van der Waals surface area (Å²) in [6.45, 7) is 4.63. The summed E-state index contributed by atoms with van der Waals surface area (Å²) in [5.74, 6) is -2.29. The van der Waals surface area contributed by atoms with E-state index in [1.165, 1.54) is 154 Å². The number of nitrogens with zero attached hydrogens (tertiary/aromatic N) is 1. The van der Waals surface area contributed by atoms with E-state index in [0.717, 1.165) is 83.5 Å². The molecular formula is C68H119NO8. The molecule has 0 aliphatic carbocycles. The van der Waals surface area contributed by atoms with E-state index in [9.17, 15) is 19.5 Å². The highest BCUT2D eigenvalue weighted by molar-refractivity contribution is 5.70. The van der Waals surface area contributed by atoms with E-state index in [1.54, 1.807) is 0 Å². The van der Waals surface area contributed by atoms with E-state index < -0.39 is 24.3 Å². The Hall–Kier alpha value is -3.53. The first-order valence-electron chi connectivity index (χ1n) is 31.7. The summed E-state index contributed by atoms with van der Waals surface area (Å²) in [5, 5.41) is 11.8. The first kappa shape index (κ1) is 73.5. The van der Waals surface area contributed by atoms with Crippen LogP contribution in [0.25, 0.3) is 0 Å². The van der Waals surface area contributed by atoms with Crippen molar-refractivity contribution in [3.63, 3.8) is 0 Å². The highest BCUT2D eigenvalue weighted by atomic mass is 16.7. The maximum absolute atomic E-state index is 12.9. The molecule has 0 N–H and O–H groups in total. The smallest absolute Gasteiger partial charge is 0.306 e. The Morgan fingerprint density at radius 2 is 0.740 bits per heavy atom. The van der Waals surface area contributed by atoms with Crippen molar-refractivity contribution in [1.82, 2.24) is 0 Å². The molecule has 0 fully saturated rings. The maximum Gasteiger partial charge on any atom is 0.306 e. The lowest BCUT2D eigenvalue weighted by atomic mass is 10.0. The fourth-order valence-corrected chi connectivity index (χ4v) is 8.77. The molecule has 2 atom stereocenters. The number of hydrogen-bond donors (Lipinski definition) is 0. The predicted molar refractivity (Wildman–Crippen MR) is 324 cm³/mol. The number of hydrogen-bond acceptors (Lipinski definition) is 8. The Balaban J connectivity index is 4.15. The van der Waals surface area contributed by atoms with Crippen molar-refractivity contribution in [3.8, 4) is 0 Å². The Bertz CT molecular complexity index is 1540. The topological polar surface area (TPSA) is 111 Å². The van der Waals surface area contributed by atoms with E-state index in [0.29, 0.717) is 17.4 Å². The first-order chi connectivity index (χ1) is 37.6. The molecule has 0 rings (SSSR count). The molecule has 0 aromatic heterocycles. The zero-order valence-corrected chi connectivity index (χ0v) is 50.6. The van der Waals surface area contributed by atoms with Crippen molar-refractivity contribution in [1.29, 1.82) is 0 Å². The third kappa shape index (κ3) is 60.0. The number of aliphatic carboxylic acids is 1. The van der Waals surface area contributed by atoms with Crippen molar-refractivity contribution in [2.24, 2.45) is 0 Å². The van der Waals surface area contributed by atoms with Gasteiger partial charge in [-0.05, 0) is 89.9 Å². The summed E-state index contributed by atoms with van der Waals surface area (Å²) in [6.07, 6.45) is 75.0. The molecule has 0 spiro atoms. The molecule has 2 unspecified atom stereocenters. The van der Waals surface area contributed by atoms with Gasteiger partial charge in [0.1, 0.15) is 13.2 Å². The molecule has 0 aromatic rings. The van der Waals surface area contributed by atoms with Gasteiger partial charge in [0.2, 0.25) is 0 Å². The summed E-state index contributed by atoms with van der Waals surface area (Å²) in [5.41, 5.74) is 0. The second-order valence-electron chi connectivity index (χ2n) is 22.3. The lowest BCUT2D eigenvalue weighted by Gasteiger charge is -2.26. The molecule has 9 heteroatoms. The summed E-state index contributed by atoms with van der Waals surface area (Å²) in [7, 11) is 5.92. The molecule has 0 amide bonds. The fourth-order valence-electron chi connectivity index (χ4n) is 8.77. The molecular weight excluding hydrogens is 959 g/mol. The molecule has 9 nitrogen and oxygen atoms in total. The van der Waals surface area contributed by atoms with Crippen molar-refractivity contribution in [2.45, 2.75) is 283 Å². The zero-order valence-electron chi connectivity index (χ0n) is 50.6.